The Morgan fingerprint density at radius 2 is 1.71 bits per heavy atom. The Morgan fingerprint density at radius 3 is 2.45 bits per heavy atom. The maximum Gasteiger partial charge on any atom is 0.254 e. The van der Waals surface area contributed by atoms with E-state index in [2.05, 4.69) is 0 Å². The lowest BCUT2D eigenvalue weighted by Gasteiger charge is -2.33. The van der Waals surface area contributed by atoms with E-state index in [1.807, 2.05) is 47.4 Å². The summed E-state index contributed by atoms with van der Waals surface area (Å²) >= 11 is 6.10. The molecule has 0 unspecified atom stereocenters. The highest BCUT2D eigenvalue weighted by Crippen LogP contribution is 2.26. The van der Waals surface area contributed by atoms with Crippen LogP contribution in [0.15, 0.2) is 60.7 Å². The quantitative estimate of drug-likeness (QED) is 0.565. The van der Waals surface area contributed by atoms with Crippen LogP contribution in [0, 0.1) is 11.7 Å². The summed E-state index contributed by atoms with van der Waals surface area (Å²) in [4.78, 5) is 29.4. The van der Waals surface area contributed by atoms with E-state index in [-0.39, 0.29) is 24.3 Å². The largest absolute Gasteiger partial charge is 0.341 e. The van der Waals surface area contributed by atoms with Gasteiger partial charge in [-0.05, 0) is 41.8 Å². The molecule has 0 atom stereocenters. The first kappa shape index (κ1) is 21.3. The summed E-state index contributed by atoms with van der Waals surface area (Å²) in [5, 5.41) is 2.29. The van der Waals surface area contributed by atoms with Gasteiger partial charge in [-0.1, -0.05) is 54.1 Å². The Bertz CT molecular complexity index is 1100. The molecule has 1 heterocycles. The molecule has 1 aliphatic heterocycles. The number of carbonyl (C=O) groups excluding carboxylic acids is 2. The van der Waals surface area contributed by atoms with Gasteiger partial charge in [0, 0.05) is 48.7 Å². The number of piperidine rings is 1. The number of likely N-dealkylation sites (tertiary alicyclic amines) is 1. The van der Waals surface area contributed by atoms with Gasteiger partial charge in [0.05, 0.1) is 0 Å². The van der Waals surface area contributed by atoms with Gasteiger partial charge < -0.3 is 9.80 Å². The molecule has 0 N–H and O–H groups in total. The predicted molar refractivity (Wildman–Crippen MR) is 120 cm³/mol. The van der Waals surface area contributed by atoms with Crippen molar-refractivity contribution in [1.82, 2.24) is 9.80 Å². The molecule has 0 spiro atoms. The number of halogens is 2. The van der Waals surface area contributed by atoms with Crippen LogP contribution in [0.4, 0.5) is 4.39 Å². The van der Waals surface area contributed by atoms with Gasteiger partial charge in [-0.3, -0.25) is 9.59 Å². The van der Waals surface area contributed by atoms with Crippen LogP contribution in [0.1, 0.15) is 28.8 Å². The zero-order valence-electron chi connectivity index (χ0n) is 17.4. The zero-order chi connectivity index (χ0) is 22.0. The summed E-state index contributed by atoms with van der Waals surface area (Å²) in [6.07, 6.45) is 1.18. The molecule has 4 rings (SSSR count). The standard InChI is InChI=1S/C25H24ClFN2O2/c1-28(16-21-22(26)10-5-11-23(21)27)24(30)18-12-14-29(15-13-18)25(31)20-9-4-7-17-6-2-3-8-19(17)20/h2-11,18H,12-16H2,1H3. The van der Waals surface area contributed by atoms with Crippen molar-refractivity contribution >= 4 is 34.2 Å². The van der Waals surface area contributed by atoms with Crippen LogP contribution in [0.3, 0.4) is 0 Å². The van der Waals surface area contributed by atoms with E-state index in [0.717, 1.165) is 10.8 Å². The molecular formula is C25H24ClFN2O2. The van der Waals surface area contributed by atoms with Gasteiger partial charge in [-0.2, -0.15) is 0 Å². The molecule has 0 aliphatic carbocycles. The van der Waals surface area contributed by atoms with Crippen molar-refractivity contribution < 1.29 is 14.0 Å². The van der Waals surface area contributed by atoms with Gasteiger partial charge in [0.1, 0.15) is 5.82 Å². The molecular weight excluding hydrogens is 415 g/mol. The first-order chi connectivity index (χ1) is 15.0. The lowest BCUT2D eigenvalue weighted by Crippen LogP contribution is -2.43. The number of rotatable bonds is 4. The van der Waals surface area contributed by atoms with Gasteiger partial charge in [0.15, 0.2) is 0 Å². The molecule has 3 aromatic rings. The van der Waals surface area contributed by atoms with Crippen molar-refractivity contribution in [2.45, 2.75) is 19.4 Å². The number of hydrogen-bond acceptors (Lipinski definition) is 2. The van der Waals surface area contributed by atoms with Crippen molar-refractivity contribution in [1.29, 1.82) is 0 Å². The molecule has 0 bridgehead atoms. The molecule has 0 aromatic heterocycles. The fourth-order valence-electron chi connectivity index (χ4n) is 4.22. The lowest BCUT2D eigenvalue weighted by molar-refractivity contribution is -0.136. The first-order valence-electron chi connectivity index (χ1n) is 10.4. The van der Waals surface area contributed by atoms with Crippen LogP contribution in [0.2, 0.25) is 5.02 Å². The minimum Gasteiger partial charge on any atom is -0.341 e. The molecule has 1 fully saturated rings. The molecule has 160 valence electrons. The maximum absolute atomic E-state index is 14.1. The second kappa shape index (κ2) is 9.06. The zero-order valence-corrected chi connectivity index (χ0v) is 18.1. The van der Waals surface area contributed by atoms with Gasteiger partial charge in [-0.25, -0.2) is 4.39 Å². The Balaban J connectivity index is 1.40. The van der Waals surface area contributed by atoms with Crippen LogP contribution < -0.4 is 0 Å². The average molecular weight is 439 g/mol. The van der Waals surface area contributed by atoms with Crippen molar-refractivity contribution in [2.75, 3.05) is 20.1 Å². The lowest BCUT2D eigenvalue weighted by atomic mass is 9.94. The molecule has 0 saturated carbocycles. The Kier molecular flexibility index (Phi) is 6.23. The number of carbonyl (C=O) groups is 2. The summed E-state index contributed by atoms with van der Waals surface area (Å²) < 4.78 is 14.1. The van der Waals surface area contributed by atoms with E-state index in [0.29, 0.717) is 42.1 Å². The third-order valence-electron chi connectivity index (χ3n) is 5.98. The average Bonchev–Trinajstić information content (AvgIpc) is 2.80. The normalized spacial score (nSPS) is 14.6. The second-order valence-electron chi connectivity index (χ2n) is 7.99. The summed E-state index contributed by atoms with van der Waals surface area (Å²) in [6.45, 7) is 1.17. The van der Waals surface area contributed by atoms with Crippen molar-refractivity contribution in [2.24, 2.45) is 5.92 Å². The van der Waals surface area contributed by atoms with Crippen molar-refractivity contribution in [3.05, 3.63) is 82.6 Å². The van der Waals surface area contributed by atoms with E-state index >= 15 is 0 Å². The summed E-state index contributed by atoms with van der Waals surface area (Å²) in [5.41, 5.74) is 1.01. The first-order valence-corrected chi connectivity index (χ1v) is 10.8. The van der Waals surface area contributed by atoms with E-state index in [4.69, 9.17) is 11.6 Å². The van der Waals surface area contributed by atoms with Crippen LogP contribution in [0.5, 0.6) is 0 Å². The third-order valence-corrected chi connectivity index (χ3v) is 6.34. The fraction of sp³-hybridized carbons (Fsp3) is 0.280. The predicted octanol–water partition coefficient (Wildman–Crippen LogP) is 5.14. The highest BCUT2D eigenvalue weighted by atomic mass is 35.5. The minimum atomic E-state index is -0.414. The molecule has 31 heavy (non-hydrogen) atoms. The molecule has 0 radical (unpaired) electrons. The Morgan fingerprint density at radius 1 is 1.03 bits per heavy atom. The topological polar surface area (TPSA) is 40.6 Å². The summed E-state index contributed by atoms with van der Waals surface area (Å²) in [6, 6.07) is 18.1. The molecule has 6 heteroatoms. The molecule has 1 saturated heterocycles. The number of benzene rings is 3. The van der Waals surface area contributed by atoms with E-state index in [9.17, 15) is 14.0 Å². The number of amides is 2. The number of fused-ring (bicyclic) bond motifs is 1. The summed E-state index contributed by atoms with van der Waals surface area (Å²) in [7, 11) is 1.67. The van der Waals surface area contributed by atoms with Gasteiger partial charge in [0.25, 0.3) is 5.91 Å². The van der Waals surface area contributed by atoms with Crippen LogP contribution >= 0.6 is 11.6 Å². The van der Waals surface area contributed by atoms with Gasteiger partial charge >= 0.3 is 0 Å². The molecule has 1 aliphatic rings. The van der Waals surface area contributed by atoms with Crippen LogP contribution in [0.25, 0.3) is 10.8 Å². The van der Waals surface area contributed by atoms with E-state index < -0.39 is 5.82 Å². The summed E-state index contributed by atoms with van der Waals surface area (Å²) in [5.74, 6) is -0.652. The SMILES string of the molecule is CN(Cc1c(F)cccc1Cl)C(=O)C1CCN(C(=O)c2cccc3ccccc23)CC1. The highest BCUT2D eigenvalue weighted by Gasteiger charge is 2.30. The van der Waals surface area contributed by atoms with Crippen LogP contribution in [-0.2, 0) is 11.3 Å². The molecule has 3 aromatic carbocycles. The van der Waals surface area contributed by atoms with Crippen molar-refractivity contribution in [3.8, 4) is 0 Å². The number of nitrogens with zero attached hydrogens (tertiary/aromatic N) is 2. The molecule has 4 nitrogen and oxygen atoms in total. The fourth-order valence-corrected chi connectivity index (χ4v) is 4.44. The smallest absolute Gasteiger partial charge is 0.254 e. The highest BCUT2D eigenvalue weighted by molar-refractivity contribution is 6.31. The second-order valence-corrected chi connectivity index (χ2v) is 8.39. The maximum atomic E-state index is 14.1. The van der Waals surface area contributed by atoms with E-state index in [1.165, 1.54) is 11.0 Å². The third kappa shape index (κ3) is 4.42. The van der Waals surface area contributed by atoms with Crippen molar-refractivity contribution in [3.63, 3.8) is 0 Å². The van der Waals surface area contributed by atoms with E-state index in [1.54, 1.807) is 19.2 Å². The number of hydrogen-bond donors (Lipinski definition) is 0. The van der Waals surface area contributed by atoms with Gasteiger partial charge in [-0.15, -0.1) is 0 Å². The Hall–Kier alpha value is -2.92. The molecule has 2 amide bonds. The Labute approximate surface area is 186 Å². The minimum absolute atomic E-state index is 0.00538. The monoisotopic (exact) mass is 438 g/mol. The van der Waals surface area contributed by atoms with Gasteiger partial charge in [0.2, 0.25) is 5.91 Å². The van der Waals surface area contributed by atoms with Crippen LogP contribution in [-0.4, -0.2) is 41.8 Å².